The fourth-order valence-corrected chi connectivity index (χ4v) is 1.31. The maximum atomic E-state index is 11.6. The van der Waals surface area contributed by atoms with Gasteiger partial charge in [0.05, 0.1) is 0 Å². The van der Waals surface area contributed by atoms with Crippen molar-refractivity contribution < 1.29 is 4.79 Å². The Morgan fingerprint density at radius 1 is 1.50 bits per heavy atom. The van der Waals surface area contributed by atoms with Gasteiger partial charge in [0.2, 0.25) is 0 Å². The normalized spacial score (nSPS) is 9.93. The summed E-state index contributed by atoms with van der Waals surface area (Å²) in [4.78, 5) is 11.6. The van der Waals surface area contributed by atoms with Crippen molar-refractivity contribution in [2.24, 2.45) is 0 Å². The maximum absolute atomic E-state index is 11.6. The van der Waals surface area contributed by atoms with Crippen molar-refractivity contribution in [3.63, 3.8) is 0 Å². The van der Waals surface area contributed by atoms with E-state index in [-0.39, 0.29) is 5.78 Å². The van der Waals surface area contributed by atoms with Gasteiger partial charge in [-0.25, -0.2) is 0 Å². The fourth-order valence-electron chi connectivity index (χ4n) is 1.19. The lowest BCUT2D eigenvalue weighted by molar-refractivity contribution is 0.0993. The number of Topliss-reactive ketones (excluding diaryl/α,β-unsaturated/α-hetero) is 1. The summed E-state index contributed by atoms with van der Waals surface area (Å²) in [5, 5.41) is 0.692. The number of rotatable bonds is 3. The number of hydrogen-bond donors (Lipinski definition) is 0. The number of hydrogen-bond acceptors (Lipinski definition) is 1. The molecular weight excluding hydrogens is 196 g/mol. The highest BCUT2D eigenvalue weighted by Crippen LogP contribution is 2.17. The molecule has 14 heavy (non-hydrogen) atoms. The third-order valence-corrected chi connectivity index (χ3v) is 2.37. The van der Waals surface area contributed by atoms with Crippen LogP contribution in [0.3, 0.4) is 0 Å². The smallest absolute Gasteiger partial charge is 0.166 e. The van der Waals surface area contributed by atoms with E-state index in [0.29, 0.717) is 17.0 Å². The Morgan fingerprint density at radius 3 is 2.64 bits per heavy atom. The standard InChI is InChI=1S/C12H13ClO/c1-8(2)6-12(14)10-4-5-11(13)9(3)7-10/h4-5,7H,1,6H2,2-3H3. The number of halogens is 1. The third-order valence-electron chi connectivity index (χ3n) is 1.94. The van der Waals surface area contributed by atoms with Crippen LogP contribution in [0.4, 0.5) is 0 Å². The van der Waals surface area contributed by atoms with Crippen molar-refractivity contribution in [1.29, 1.82) is 0 Å². The van der Waals surface area contributed by atoms with Crippen LogP contribution in [0, 0.1) is 6.92 Å². The average Bonchev–Trinajstić information content (AvgIpc) is 2.08. The van der Waals surface area contributed by atoms with Gasteiger partial charge in [0.15, 0.2) is 5.78 Å². The van der Waals surface area contributed by atoms with Gasteiger partial charge in [-0.1, -0.05) is 23.8 Å². The van der Waals surface area contributed by atoms with Gasteiger partial charge in [-0.15, -0.1) is 0 Å². The molecule has 0 aliphatic rings. The van der Waals surface area contributed by atoms with Gasteiger partial charge in [0.1, 0.15) is 0 Å². The Bertz CT molecular complexity index is 380. The largest absolute Gasteiger partial charge is 0.294 e. The quantitative estimate of drug-likeness (QED) is 0.546. The molecule has 0 bridgehead atoms. The molecule has 1 aromatic carbocycles. The third kappa shape index (κ3) is 2.71. The summed E-state index contributed by atoms with van der Waals surface area (Å²) < 4.78 is 0. The first-order valence-corrected chi connectivity index (χ1v) is 4.82. The van der Waals surface area contributed by atoms with Crippen LogP contribution in [-0.2, 0) is 0 Å². The first-order chi connectivity index (χ1) is 6.50. The summed E-state index contributed by atoms with van der Waals surface area (Å²) in [5.74, 6) is 0.0947. The van der Waals surface area contributed by atoms with Crippen molar-refractivity contribution in [3.8, 4) is 0 Å². The number of ketones is 1. The highest BCUT2D eigenvalue weighted by atomic mass is 35.5. The van der Waals surface area contributed by atoms with E-state index < -0.39 is 0 Å². The molecule has 0 aliphatic heterocycles. The minimum atomic E-state index is 0.0947. The number of carbonyl (C=O) groups excluding carboxylic acids is 1. The average molecular weight is 209 g/mol. The molecule has 0 saturated heterocycles. The van der Waals surface area contributed by atoms with Crippen LogP contribution in [0.1, 0.15) is 29.3 Å². The zero-order valence-corrected chi connectivity index (χ0v) is 9.19. The van der Waals surface area contributed by atoms with E-state index in [9.17, 15) is 4.79 Å². The summed E-state index contributed by atoms with van der Waals surface area (Å²) in [6.07, 6.45) is 0.404. The van der Waals surface area contributed by atoms with Gasteiger partial charge in [0.25, 0.3) is 0 Å². The number of aryl methyl sites for hydroxylation is 1. The molecule has 0 atom stereocenters. The molecule has 0 fully saturated rings. The molecule has 74 valence electrons. The molecule has 1 rings (SSSR count). The summed E-state index contributed by atoms with van der Waals surface area (Å²) >= 11 is 5.86. The SMILES string of the molecule is C=C(C)CC(=O)c1ccc(Cl)c(C)c1. The second-order valence-electron chi connectivity index (χ2n) is 3.52. The van der Waals surface area contributed by atoms with Gasteiger partial charge >= 0.3 is 0 Å². The first-order valence-electron chi connectivity index (χ1n) is 4.44. The molecule has 0 heterocycles. The van der Waals surface area contributed by atoms with E-state index in [1.165, 1.54) is 0 Å². The van der Waals surface area contributed by atoms with Crippen molar-refractivity contribution in [2.45, 2.75) is 20.3 Å². The minimum Gasteiger partial charge on any atom is -0.294 e. The van der Waals surface area contributed by atoms with Crippen LogP contribution in [0.2, 0.25) is 5.02 Å². The van der Waals surface area contributed by atoms with Gasteiger partial charge in [-0.05, 0) is 37.6 Å². The molecular formula is C12H13ClO. The summed E-state index contributed by atoms with van der Waals surface area (Å²) in [5.41, 5.74) is 2.51. The highest BCUT2D eigenvalue weighted by Gasteiger charge is 2.06. The van der Waals surface area contributed by atoms with Crippen molar-refractivity contribution in [1.82, 2.24) is 0 Å². The van der Waals surface area contributed by atoms with E-state index in [2.05, 4.69) is 6.58 Å². The molecule has 1 aromatic rings. The zero-order valence-electron chi connectivity index (χ0n) is 8.43. The molecule has 0 unspecified atom stereocenters. The molecule has 0 amide bonds. The van der Waals surface area contributed by atoms with E-state index >= 15 is 0 Å². The van der Waals surface area contributed by atoms with E-state index in [1.807, 2.05) is 19.9 Å². The maximum Gasteiger partial charge on any atom is 0.166 e. The lowest BCUT2D eigenvalue weighted by atomic mass is 10.0. The van der Waals surface area contributed by atoms with Gasteiger partial charge in [-0.3, -0.25) is 4.79 Å². The molecule has 0 saturated carbocycles. The van der Waals surface area contributed by atoms with E-state index in [4.69, 9.17) is 11.6 Å². The number of allylic oxidation sites excluding steroid dienone is 1. The Labute approximate surface area is 89.4 Å². The first kappa shape index (κ1) is 11.0. The predicted octanol–water partition coefficient (Wildman–Crippen LogP) is 3.80. The van der Waals surface area contributed by atoms with Gasteiger partial charge < -0.3 is 0 Å². The Hall–Kier alpha value is -1.08. The van der Waals surface area contributed by atoms with E-state index in [1.54, 1.807) is 12.1 Å². The number of benzene rings is 1. The van der Waals surface area contributed by atoms with Crippen molar-refractivity contribution in [2.75, 3.05) is 0 Å². The molecule has 2 heteroatoms. The Balaban J connectivity index is 2.91. The lowest BCUT2D eigenvalue weighted by Crippen LogP contribution is -1.99. The topological polar surface area (TPSA) is 17.1 Å². The molecule has 0 aromatic heterocycles. The summed E-state index contributed by atoms with van der Waals surface area (Å²) in [7, 11) is 0. The van der Waals surface area contributed by atoms with Crippen LogP contribution in [0.25, 0.3) is 0 Å². The van der Waals surface area contributed by atoms with Crippen molar-refractivity contribution in [3.05, 3.63) is 46.5 Å². The second-order valence-corrected chi connectivity index (χ2v) is 3.93. The van der Waals surface area contributed by atoms with Crippen LogP contribution < -0.4 is 0 Å². The van der Waals surface area contributed by atoms with Crippen molar-refractivity contribution >= 4 is 17.4 Å². The van der Waals surface area contributed by atoms with Gasteiger partial charge in [0, 0.05) is 17.0 Å². The molecule has 0 aliphatic carbocycles. The summed E-state index contributed by atoms with van der Waals surface area (Å²) in [6, 6.07) is 5.32. The van der Waals surface area contributed by atoms with Crippen LogP contribution >= 0.6 is 11.6 Å². The molecule has 0 radical (unpaired) electrons. The predicted molar refractivity (Wildman–Crippen MR) is 60.0 cm³/mol. The Morgan fingerprint density at radius 2 is 2.14 bits per heavy atom. The number of carbonyl (C=O) groups is 1. The molecule has 0 spiro atoms. The molecule has 0 N–H and O–H groups in total. The van der Waals surface area contributed by atoms with E-state index in [0.717, 1.165) is 11.1 Å². The second kappa shape index (κ2) is 4.43. The van der Waals surface area contributed by atoms with Crippen LogP contribution in [0.15, 0.2) is 30.4 Å². The zero-order chi connectivity index (χ0) is 10.7. The molecule has 1 nitrogen and oxygen atoms in total. The van der Waals surface area contributed by atoms with Crippen LogP contribution in [0.5, 0.6) is 0 Å². The minimum absolute atomic E-state index is 0.0947. The monoisotopic (exact) mass is 208 g/mol. The highest BCUT2D eigenvalue weighted by molar-refractivity contribution is 6.31. The van der Waals surface area contributed by atoms with Crippen LogP contribution in [-0.4, -0.2) is 5.78 Å². The summed E-state index contributed by atoms with van der Waals surface area (Å²) in [6.45, 7) is 7.45. The van der Waals surface area contributed by atoms with Gasteiger partial charge in [-0.2, -0.15) is 0 Å². The fraction of sp³-hybridized carbons (Fsp3) is 0.250. The Kier molecular flexibility index (Phi) is 3.48. The lowest BCUT2D eigenvalue weighted by Gasteiger charge is -2.03.